The second-order valence-electron chi connectivity index (χ2n) is 5.55. The highest BCUT2D eigenvalue weighted by atomic mass is 19.3. The number of hydrogen-bond acceptors (Lipinski definition) is 4. The van der Waals surface area contributed by atoms with Crippen molar-refractivity contribution in [3.63, 3.8) is 0 Å². The molecule has 0 aliphatic carbocycles. The molecule has 2 aromatic carbocycles. The molecule has 0 spiro atoms. The van der Waals surface area contributed by atoms with Crippen molar-refractivity contribution in [2.45, 2.75) is 19.3 Å². The van der Waals surface area contributed by atoms with E-state index < -0.39 is 12.6 Å². The third kappa shape index (κ3) is 4.75. The van der Waals surface area contributed by atoms with Crippen LogP contribution in [0, 0.1) is 0 Å². The molecule has 0 saturated carbocycles. The highest BCUT2D eigenvalue weighted by molar-refractivity contribution is 5.74. The lowest BCUT2D eigenvalue weighted by molar-refractivity contribution is -0.0504. The van der Waals surface area contributed by atoms with Crippen molar-refractivity contribution < 1.29 is 27.8 Å². The Morgan fingerprint density at radius 1 is 1.12 bits per heavy atom. The van der Waals surface area contributed by atoms with Crippen molar-refractivity contribution >= 4 is 6.03 Å². The predicted octanol–water partition coefficient (Wildman–Crippen LogP) is 2.93. The Balaban J connectivity index is 1.46. The van der Waals surface area contributed by atoms with Crippen LogP contribution in [0.3, 0.4) is 0 Å². The standard InChI is InChI=1S/C18H18F2N2O4/c19-17(20)26-14-6-2-1-5-12(14)9-21-18(23)22-10-13-11-24-15-7-3-4-8-16(15)25-13/h1-8,13,17H,9-11H2,(H2,21,22,23)/t13-/m1/s1. The van der Waals surface area contributed by atoms with E-state index in [1.54, 1.807) is 24.3 Å². The Morgan fingerprint density at radius 3 is 2.65 bits per heavy atom. The molecule has 2 N–H and O–H groups in total. The smallest absolute Gasteiger partial charge is 0.387 e. The molecular formula is C18H18F2N2O4. The zero-order chi connectivity index (χ0) is 18.4. The van der Waals surface area contributed by atoms with Crippen molar-refractivity contribution in [2.24, 2.45) is 0 Å². The van der Waals surface area contributed by atoms with Crippen molar-refractivity contribution in [2.75, 3.05) is 13.2 Å². The van der Waals surface area contributed by atoms with Crippen molar-refractivity contribution in [3.8, 4) is 17.2 Å². The summed E-state index contributed by atoms with van der Waals surface area (Å²) >= 11 is 0. The maximum Gasteiger partial charge on any atom is 0.387 e. The summed E-state index contributed by atoms with van der Waals surface area (Å²) in [4.78, 5) is 11.9. The van der Waals surface area contributed by atoms with Gasteiger partial charge in [0.05, 0.1) is 6.54 Å². The molecule has 1 aliphatic rings. The van der Waals surface area contributed by atoms with Crippen LogP contribution in [0.4, 0.5) is 13.6 Å². The first-order chi connectivity index (χ1) is 12.6. The lowest BCUT2D eigenvalue weighted by Crippen LogP contribution is -2.44. The van der Waals surface area contributed by atoms with Crippen LogP contribution in [-0.2, 0) is 6.54 Å². The molecule has 8 heteroatoms. The number of rotatable bonds is 6. The molecule has 138 valence electrons. The molecule has 0 saturated heterocycles. The summed E-state index contributed by atoms with van der Waals surface area (Å²) < 4.78 is 40.5. The number of benzene rings is 2. The molecule has 0 unspecified atom stereocenters. The Hall–Kier alpha value is -3.03. The van der Waals surface area contributed by atoms with Gasteiger partial charge in [0.15, 0.2) is 17.6 Å². The van der Waals surface area contributed by atoms with Crippen LogP contribution in [0.15, 0.2) is 48.5 Å². The quantitative estimate of drug-likeness (QED) is 0.827. The zero-order valence-electron chi connectivity index (χ0n) is 13.8. The van der Waals surface area contributed by atoms with Gasteiger partial charge >= 0.3 is 12.6 Å². The van der Waals surface area contributed by atoms with E-state index in [0.717, 1.165) is 0 Å². The van der Waals surface area contributed by atoms with Gasteiger partial charge in [0.2, 0.25) is 0 Å². The number of amides is 2. The Labute approximate surface area is 149 Å². The van der Waals surface area contributed by atoms with E-state index in [4.69, 9.17) is 9.47 Å². The average molecular weight is 364 g/mol. The fourth-order valence-electron chi connectivity index (χ4n) is 2.47. The van der Waals surface area contributed by atoms with Gasteiger partial charge in [-0.05, 0) is 18.2 Å². The lowest BCUT2D eigenvalue weighted by Gasteiger charge is -2.26. The number of ether oxygens (including phenoxy) is 3. The normalized spacial score (nSPS) is 15.4. The van der Waals surface area contributed by atoms with E-state index >= 15 is 0 Å². The summed E-state index contributed by atoms with van der Waals surface area (Å²) in [7, 11) is 0. The van der Waals surface area contributed by atoms with Gasteiger partial charge in [-0.3, -0.25) is 0 Å². The summed E-state index contributed by atoms with van der Waals surface area (Å²) in [5, 5.41) is 5.27. The van der Waals surface area contributed by atoms with Gasteiger partial charge in [-0.2, -0.15) is 8.78 Å². The molecule has 1 heterocycles. The topological polar surface area (TPSA) is 68.8 Å². The largest absolute Gasteiger partial charge is 0.486 e. The molecule has 2 amide bonds. The summed E-state index contributed by atoms with van der Waals surface area (Å²) in [5.74, 6) is 1.33. The van der Waals surface area contributed by atoms with Gasteiger partial charge < -0.3 is 24.8 Å². The highest BCUT2D eigenvalue weighted by Crippen LogP contribution is 2.30. The van der Waals surface area contributed by atoms with Crippen LogP contribution in [0.2, 0.25) is 0 Å². The third-order valence-electron chi connectivity index (χ3n) is 3.69. The molecule has 1 atom stereocenters. The number of carbonyl (C=O) groups excluding carboxylic acids is 1. The van der Waals surface area contributed by atoms with Gasteiger partial charge in [-0.25, -0.2) is 4.79 Å². The molecule has 6 nitrogen and oxygen atoms in total. The van der Waals surface area contributed by atoms with Crippen molar-refractivity contribution in [3.05, 3.63) is 54.1 Å². The van der Waals surface area contributed by atoms with Gasteiger partial charge in [-0.15, -0.1) is 0 Å². The number of para-hydroxylation sites is 3. The highest BCUT2D eigenvalue weighted by Gasteiger charge is 2.21. The Kier molecular flexibility index (Phi) is 5.73. The maximum absolute atomic E-state index is 12.4. The molecule has 3 rings (SSSR count). The SMILES string of the molecule is O=C(NCc1ccccc1OC(F)F)NC[C@@H]1COc2ccccc2O1. The van der Waals surface area contributed by atoms with E-state index in [9.17, 15) is 13.6 Å². The molecule has 1 aliphatic heterocycles. The van der Waals surface area contributed by atoms with Crippen LogP contribution in [0.25, 0.3) is 0 Å². The van der Waals surface area contributed by atoms with Crippen LogP contribution in [0.5, 0.6) is 17.2 Å². The third-order valence-corrected chi connectivity index (χ3v) is 3.69. The first-order valence-electron chi connectivity index (χ1n) is 8.04. The van der Waals surface area contributed by atoms with E-state index in [0.29, 0.717) is 23.7 Å². The Morgan fingerprint density at radius 2 is 1.85 bits per heavy atom. The summed E-state index contributed by atoms with van der Waals surface area (Å²) in [5.41, 5.74) is 0.453. The number of halogens is 2. The number of nitrogens with one attached hydrogen (secondary N) is 2. The van der Waals surface area contributed by atoms with E-state index in [-0.39, 0.29) is 24.9 Å². The first-order valence-corrected chi connectivity index (χ1v) is 8.04. The van der Waals surface area contributed by atoms with Gasteiger partial charge in [-0.1, -0.05) is 30.3 Å². The second-order valence-corrected chi connectivity index (χ2v) is 5.55. The molecule has 0 radical (unpaired) electrons. The number of fused-ring (bicyclic) bond motifs is 1. The summed E-state index contributed by atoms with van der Waals surface area (Å²) in [6, 6.07) is 13.1. The average Bonchev–Trinajstić information content (AvgIpc) is 2.65. The molecule has 0 aromatic heterocycles. The molecule has 26 heavy (non-hydrogen) atoms. The van der Waals surface area contributed by atoms with Crippen molar-refractivity contribution in [1.29, 1.82) is 0 Å². The van der Waals surface area contributed by atoms with Gasteiger partial charge in [0.25, 0.3) is 0 Å². The Bertz CT molecular complexity index is 757. The number of hydrogen-bond donors (Lipinski definition) is 2. The van der Waals surface area contributed by atoms with Crippen LogP contribution in [-0.4, -0.2) is 31.9 Å². The molecule has 0 fully saturated rings. The lowest BCUT2D eigenvalue weighted by atomic mass is 10.2. The van der Waals surface area contributed by atoms with Gasteiger partial charge in [0, 0.05) is 12.1 Å². The minimum atomic E-state index is -2.92. The summed E-state index contributed by atoms with van der Waals surface area (Å²) in [6.07, 6.45) is -0.315. The van der Waals surface area contributed by atoms with Crippen molar-refractivity contribution in [1.82, 2.24) is 10.6 Å². The monoisotopic (exact) mass is 364 g/mol. The minimum absolute atomic E-state index is 0.0309. The fourth-order valence-corrected chi connectivity index (χ4v) is 2.47. The molecule has 0 bridgehead atoms. The fraction of sp³-hybridized carbons (Fsp3) is 0.278. The van der Waals surface area contributed by atoms with E-state index in [1.165, 1.54) is 6.07 Å². The van der Waals surface area contributed by atoms with Crippen LogP contribution < -0.4 is 24.8 Å². The van der Waals surface area contributed by atoms with Crippen LogP contribution >= 0.6 is 0 Å². The van der Waals surface area contributed by atoms with Gasteiger partial charge in [0.1, 0.15) is 12.4 Å². The first kappa shape index (κ1) is 17.8. The van der Waals surface area contributed by atoms with E-state index in [2.05, 4.69) is 15.4 Å². The van der Waals surface area contributed by atoms with E-state index in [1.807, 2.05) is 18.2 Å². The molecule has 2 aromatic rings. The van der Waals surface area contributed by atoms with Crippen LogP contribution in [0.1, 0.15) is 5.56 Å². The number of urea groups is 1. The minimum Gasteiger partial charge on any atom is -0.486 e. The second kappa shape index (κ2) is 8.37. The molecular weight excluding hydrogens is 346 g/mol. The summed E-state index contributed by atoms with van der Waals surface area (Å²) in [6.45, 7) is -2.30. The zero-order valence-corrected chi connectivity index (χ0v) is 13.8. The predicted molar refractivity (Wildman–Crippen MR) is 89.7 cm³/mol. The number of carbonyl (C=O) groups is 1. The number of alkyl halides is 2. The maximum atomic E-state index is 12.4.